The molecule has 1 saturated heterocycles. The van der Waals surface area contributed by atoms with Gasteiger partial charge in [-0.15, -0.1) is 0 Å². The standard InChI is InChI=1S/C13H12N2O2/c16-11-9-5-1-3-7-13(9,12(17)15-11)10-6-2-4-8-14-10/h2-4,6-9H,1,5H2,(H,15,16,17). The molecule has 2 unspecified atom stereocenters. The van der Waals surface area contributed by atoms with Gasteiger partial charge in [0.2, 0.25) is 11.8 Å². The highest BCUT2D eigenvalue weighted by atomic mass is 16.2. The number of carbonyl (C=O) groups is 2. The summed E-state index contributed by atoms with van der Waals surface area (Å²) in [6, 6.07) is 5.45. The van der Waals surface area contributed by atoms with Gasteiger partial charge in [-0.05, 0) is 25.0 Å². The molecule has 0 bridgehead atoms. The van der Waals surface area contributed by atoms with E-state index in [1.165, 1.54) is 0 Å². The first-order valence-corrected chi connectivity index (χ1v) is 5.69. The zero-order valence-corrected chi connectivity index (χ0v) is 9.22. The molecule has 2 atom stereocenters. The molecular formula is C13H12N2O2. The van der Waals surface area contributed by atoms with Crippen molar-refractivity contribution in [1.82, 2.24) is 10.3 Å². The number of rotatable bonds is 1. The van der Waals surface area contributed by atoms with Gasteiger partial charge in [-0.1, -0.05) is 18.2 Å². The molecule has 4 heteroatoms. The number of nitrogens with one attached hydrogen (secondary N) is 1. The molecule has 17 heavy (non-hydrogen) atoms. The number of aromatic nitrogens is 1. The molecule has 0 radical (unpaired) electrons. The number of allylic oxidation sites excluding steroid dienone is 1. The Labute approximate surface area is 98.7 Å². The van der Waals surface area contributed by atoms with Crippen LogP contribution in [-0.2, 0) is 15.0 Å². The molecule has 2 heterocycles. The first kappa shape index (κ1) is 10.2. The van der Waals surface area contributed by atoms with E-state index in [0.29, 0.717) is 12.1 Å². The van der Waals surface area contributed by atoms with Crippen molar-refractivity contribution < 1.29 is 9.59 Å². The fourth-order valence-corrected chi connectivity index (χ4v) is 2.74. The lowest BCUT2D eigenvalue weighted by molar-refractivity contribution is -0.126. The summed E-state index contributed by atoms with van der Waals surface area (Å²) in [6.45, 7) is 0. The first-order chi connectivity index (χ1) is 8.25. The lowest BCUT2D eigenvalue weighted by atomic mass is 9.69. The van der Waals surface area contributed by atoms with Gasteiger partial charge < -0.3 is 0 Å². The fourth-order valence-electron chi connectivity index (χ4n) is 2.74. The summed E-state index contributed by atoms with van der Waals surface area (Å²) in [5.74, 6) is -0.734. The van der Waals surface area contributed by atoms with Crippen LogP contribution >= 0.6 is 0 Å². The Balaban J connectivity index is 2.20. The molecule has 1 aliphatic heterocycles. The zero-order valence-electron chi connectivity index (χ0n) is 9.22. The van der Waals surface area contributed by atoms with E-state index in [4.69, 9.17) is 0 Å². The summed E-state index contributed by atoms with van der Waals surface area (Å²) in [5, 5.41) is 2.43. The number of carbonyl (C=O) groups excluding carboxylic acids is 2. The second-order valence-electron chi connectivity index (χ2n) is 4.43. The number of hydrogen-bond acceptors (Lipinski definition) is 3. The van der Waals surface area contributed by atoms with Crippen molar-refractivity contribution in [3.63, 3.8) is 0 Å². The third-order valence-corrected chi connectivity index (χ3v) is 3.57. The van der Waals surface area contributed by atoms with E-state index in [-0.39, 0.29) is 17.7 Å². The molecule has 1 fully saturated rings. The normalized spacial score (nSPS) is 31.2. The smallest absolute Gasteiger partial charge is 0.243 e. The highest BCUT2D eigenvalue weighted by molar-refractivity contribution is 6.11. The van der Waals surface area contributed by atoms with E-state index < -0.39 is 5.41 Å². The average Bonchev–Trinajstić information content (AvgIpc) is 2.64. The van der Waals surface area contributed by atoms with Crippen molar-refractivity contribution in [3.05, 3.63) is 42.2 Å². The fraction of sp³-hybridized carbons (Fsp3) is 0.308. The second kappa shape index (κ2) is 3.52. The quantitative estimate of drug-likeness (QED) is 0.575. The molecule has 1 aromatic rings. The Morgan fingerprint density at radius 3 is 3.00 bits per heavy atom. The van der Waals surface area contributed by atoms with Gasteiger partial charge in [-0.25, -0.2) is 0 Å². The van der Waals surface area contributed by atoms with E-state index in [9.17, 15) is 9.59 Å². The zero-order chi connectivity index (χ0) is 11.9. The molecule has 0 spiro atoms. The Kier molecular flexibility index (Phi) is 2.11. The monoisotopic (exact) mass is 228 g/mol. The molecule has 0 aromatic carbocycles. The van der Waals surface area contributed by atoms with Crippen LogP contribution in [-0.4, -0.2) is 16.8 Å². The summed E-state index contributed by atoms with van der Waals surface area (Å²) >= 11 is 0. The van der Waals surface area contributed by atoms with Crippen LogP contribution < -0.4 is 5.32 Å². The minimum atomic E-state index is -0.878. The van der Waals surface area contributed by atoms with Gasteiger partial charge in [0.05, 0.1) is 11.6 Å². The van der Waals surface area contributed by atoms with E-state index in [1.807, 2.05) is 18.2 Å². The summed E-state index contributed by atoms with van der Waals surface area (Å²) < 4.78 is 0. The van der Waals surface area contributed by atoms with E-state index in [0.717, 1.165) is 6.42 Å². The van der Waals surface area contributed by atoms with Crippen molar-refractivity contribution in [2.45, 2.75) is 18.3 Å². The SMILES string of the molecule is O=C1NC(=O)C2(c3ccccn3)C=CCCC12. The maximum absolute atomic E-state index is 12.1. The van der Waals surface area contributed by atoms with Crippen LogP contribution in [0.4, 0.5) is 0 Å². The molecule has 2 aliphatic rings. The topological polar surface area (TPSA) is 59.1 Å². The minimum Gasteiger partial charge on any atom is -0.295 e. The van der Waals surface area contributed by atoms with E-state index in [1.54, 1.807) is 18.3 Å². The molecule has 0 saturated carbocycles. The van der Waals surface area contributed by atoms with Gasteiger partial charge in [0.25, 0.3) is 0 Å². The molecule has 3 rings (SSSR count). The van der Waals surface area contributed by atoms with Crippen LogP contribution in [0.15, 0.2) is 36.5 Å². The summed E-state index contributed by atoms with van der Waals surface area (Å²) in [6.07, 6.45) is 6.98. The lowest BCUT2D eigenvalue weighted by Crippen LogP contribution is -2.40. The number of fused-ring (bicyclic) bond motifs is 1. The Hall–Kier alpha value is -1.97. The third-order valence-electron chi connectivity index (χ3n) is 3.57. The molecular weight excluding hydrogens is 216 g/mol. The summed E-state index contributed by atoms with van der Waals surface area (Å²) in [4.78, 5) is 28.2. The van der Waals surface area contributed by atoms with Crippen LogP contribution in [0.25, 0.3) is 0 Å². The maximum atomic E-state index is 12.1. The minimum absolute atomic E-state index is 0.176. The van der Waals surface area contributed by atoms with Crippen LogP contribution in [0.3, 0.4) is 0 Å². The van der Waals surface area contributed by atoms with Crippen molar-refractivity contribution in [2.75, 3.05) is 0 Å². The third kappa shape index (κ3) is 1.27. The molecule has 1 aromatic heterocycles. The van der Waals surface area contributed by atoms with Crippen molar-refractivity contribution >= 4 is 11.8 Å². The predicted molar refractivity (Wildman–Crippen MR) is 60.9 cm³/mol. The van der Waals surface area contributed by atoms with Gasteiger partial charge in [0, 0.05) is 6.20 Å². The van der Waals surface area contributed by atoms with Gasteiger partial charge >= 0.3 is 0 Å². The number of imide groups is 1. The predicted octanol–water partition coefficient (Wildman–Crippen LogP) is 0.942. The van der Waals surface area contributed by atoms with E-state index in [2.05, 4.69) is 10.3 Å². The van der Waals surface area contributed by atoms with Crippen molar-refractivity contribution in [1.29, 1.82) is 0 Å². The van der Waals surface area contributed by atoms with Crippen LogP contribution in [0.2, 0.25) is 0 Å². The van der Waals surface area contributed by atoms with Gasteiger partial charge in [0.1, 0.15) is 5.41 Å². The van der Waals surface area contributed by atoms with Crippen LogP contribution in [0, 0.1) is 5.92 Å². The molecule has 1 N–H and O–H groups in total. The Morgan fingerprint density at radius 1 is 1.35 bits per heavy atom. The molecule has 1 aliphatic carbocycles. The lowest BCUT2D eigenvalue weighted by Gasteiger charge is -2.30. The second-order valence-corrected chi connectivity index (χ2v) is 4.43. The van der Waals surface area contributed by atoms with Crippen LogP contribution in [0.1, 0.15) is 18.5 Å². The first-order valence-electron chi connectivity index (χ1n) is 5.69. The number of hydrogen-bond donors (Lipinski definition) is 1. The average molecular weight is 228 g/mol. The van der Waals surface area contributed by atoms with Gasteiger partial charge in [-0.3, -0.25) is 19.9 Å². The van der Waals surface area contributed by atoms with Gasteiger partial charge in [0.15, 0.2) is 0 Å². The summed E-state index contributed by atoms with van der Waals surface area (Å²) in [5.41, 5.74) is -0.222. The molecule has 2 amide bonds. The van der Waals surface area contributed by atoms with E-state index >= 15 is 0 Å². The highest BCUT2D eigenvalue weighted by Gasteiger charge is 2.56. The Morgan fingerprint density at radius 2 is 2.24 bits per heavy atom. The molecule has 4 nitrogen and oxygen atoms in total. The maximum Gasteiger partial charge on any atom is 0.243 e. The summed E-state index contributed by atoms with van der Waals surface area (Å²) in [7, 11) is 0. The molecule has 86 valence electrons. The van der Waals surface area contributed by atoms with Crippen molar-refractivity contribution in [2.24, 2.45) is 5.92 Å². The largest absolute Gasteiger partial charge is 0.295 e. The van der Waals surface area contributed by atoms with Gasteiger partial charge in [-0.2, -0.15) is 0 Å². The Bertz CT molecular complexity index is 509. The van der Waals surface area contributed by atoms with Crippen molar-refractivity contribution in [3.8, 4) is 0 Å². The number of amides is 2. The highest BCUT2D eigenvalue weighted by Crippen LogP contribution is 2.42. The number of nitrogens with zero attached hydrogens (tertiary/aromatic N) is 1. The van der Waals surface area contributed by atoms with Crippen LogP contribution in [0.5, 0.6) is 0 Å². The number of pyridine rings is 1.